The van der Waals surface area contributed by atoms with Crippen LogP contribution in [0.1, 0.15) is 42.2 Å². The predicted molar refractivity (Wildman–Crippen MR) is 60.9 cm³/mol. The van der Waals surface area contributed by atoms with E-state index in [1.807, 2.05) is 18.4 Å². The van der Waals surface area contributed by atoms with E-state index in [9.17, 15) is 13.9 Å². The van der Waals surface area contributed by atoms with Crippen molar-refractivity contribution in [3.8, 4) is 0 Å². The highest BCUT2D eigenvalue weighted by Crippen LogP contribution is 2.42. The lowest BCUT2D eigenvalue weighted by molar-refractivity contribution is -0.0623. The smallest absolute Gasteiger partial charge is 0.248 e. The molecule has 0 aliphatic heterocycles. The van der Waals surface area contributed by atoms with Gasteiger partial charge in [-0.25, -0.2) is 8.78 Å². The summed E-state index contributed by atoms with van der Waals surface area (Å²) in [5.74, 6) is -2.52. The Labute approximate surface area is 98.1 Å². The SMILES string of the molecule is Cc1ccsc1C(O)C1CCC(F)(F)CC1. The first-order chi connectivity index (χ1) is 7.49. The van der Waals surface area contributed by atoms with E-state index in [-0.39, 0.29) is 18.8 Å². The Hall–Kier alpha value is -0.480. The van der Waals surface area contributed by atoms with Crippen LogP contribution in [0.15, 0.2) is 11.4 Å². The fourth-order valence-electron chi connectivity index (χ4n) is 2.28. The van der Waals surface area contributed by atoms with Gasteiger partial charge in [0.1, 0.15) is 0 Å². The van der Waals surface area contributed by atoms with Gasteiger partial charge >= 0.3 is 0 Å². The summed E-state index contributed by atoms with van der Waals surface area (Å²) in [6.45, 7) is 1.95. The molecule has 1 aromatic heterocycles. The molecule has 1 fully saturated rings. The molecule has 1 aliphatic rings. The van der Waals surface area contributed by atoms with E-state index in [0.29, 0.717) is 12.8 Å². The molecule has 90 valence electrons. The van der Waals surface area contributed by atoms with Crippen molar-refractivity contribution in [3.05, 3.63) is 21.9 Å². The fourth-order valence-corrected chi connectivity index (χ4v) is 3.28. The van der Waals surface area contributed by atoms with Gasteiger partial charge in [0.25, 0.3) is 0 Å². The summed E-state index contributed by atoms with van der Waals surface area (Å²) >= 11 is 1.51. The van der Waals surface area contributed by atoms with Crippen LogP contribution in [0.3, 0.4) is 0 Å². The summed E-state index contributed by atoms with van der Waals surface area (Å²) in [6.07, 6.45) is 0.117. The number of rotatable bonds is 2. The van der Waals surface area contributed by atoms with Gasteiger partial charge in [0.05, 0.1) is 6.10 Å². The van der Waals surface area contributed by atoms with Gasteiger partial charge in [-0.15, -0.1) is 11.3 Å². The van der Waals surface area contributed by atoms with Crippen molar-refractivity contribution < 1.29 is 13.9 Å². The van der Waals surface area contributed by atoms with Crippen molar-refractivity contribution in [2.24, 2.45) is 5.92 Å². The average Bonchev–Trinajstić information content (AvgIpc) is 2.63. The van der Waals surface area contributed by atoms with Gasteiger partial charge in [-0.05, 0) is 42.7 Å². The maximum absolute atomic E-state index is 13.0. The van der Waals surface area contributed by atoms with Gasteiger partial charge < -0.3 is 5.11 Å². The first-order valence-corrected chi connectivity index (χ1v) is 6.47. The molecular weight excluding hydrogens is 230 g/mol. The number of hydrogen-bond acceptors (Lipinski definition) is 2. The van der Waals surface area contributed by atoms with Crippen LogP contribution in [0.2, 0.25) is 0 Å². The molecule has 0 radical (unpaired) electrons. The molecule has 1 heterocycles. The molecule has 1 unspecified atom stereocenters. The molecule has 1 aromatic rings. The molecule has 1 atom stereocenters. The Morgan fingerprint density at radius 2 is 2.06 bits per heavy atom. The number of alkyl halides is 2. The van der Waals surface area contributed by atoms with Crippen LogP contribution >= 0.6 is 11.3 Å². The van der Waals surface area contributed by atoms with Gasteiger partial charge in [-0.2, -0.15) is 0 Å². The molecule has 1 nitrogen and oxygen atoms in total. The molecule has 0 aromatic carbocycles. The number of thiophene rings is 1. The molecule has 0 spiro atoms. The van der Waals surface area contributed by atoms with Crippen LogP contribution in [0, 0.1) is 12.8 Å². The summed E-state index contributed by atoms with van der Waals surface area (Å²) < 4.78 is 26.0. The number of halogens is 2. The average molecular weight is 246 g/mol. The van der Waals surface area contributed by atoms with Crippen molar-refractivity contribution in [3.63, 3.8) is 0 Å². The molecule has 1 saturated carbocycles. The zero-order chi connectivity index (χ0) is 11.8. The first-order valence-electron chi connectivity index (χ1n) is 5.59. The third kappa shape index (κ3) is 2.43. The number of aryl methyl sites for hydroxylation is 1. The molecule has 1 aliphatic carbocycles. The van der Waals surface area contributed by atoms with Crippen molar-refractivity contribution >= 4 is 11.3 Å². The monoisotopic (exact) mass is 246 g/mol. The van der Waals surface area contributed by atoms with E-state index >= 15 is 0 Å². The maximum Gasteiger partial charge on any atom is 0.248 e. The van der Waals surface area contributed by atoms with Crippen LogP contribution in [0.25, 0.3) is 0 Å². The zero-order valence-electron chi connectivity index (χ0n) is 9.25. The fraction of sp³-hybridized carbons (Fsp3) is 0.667. The summed E-state index contributed by atoms with van der Waals surface area (Å²) in [5.41, 5.74) is 1.06. The Balaban J connectivity index is 2.02. The van der Waals surface area contributed by atoms with Crippen LogP contribution < -0.4 is 0 Å². The molecular formula is C12H16F2OS. The third-order valence-electron chi connectivity index (χ3n) is 3.38. The Morgan fingerprint density at radius 1 is 1.44 bits per heavy atom. The van der Waals surface area contributed by atoms with Crippen molar-refractivity contribution in [1.82, 2.24) is 0 Å². The highest BCUT2D eigenvalue weighted by atomic mass is 32.1. The lowest BCUT2D eigenvalue weighted by atomic mass is 9.82. The van der Waals surface area contributed by atoms with Gasteiger partial charge in [0.15, 0.2) is 0 Å². The maximum atomic E-state index is 13.0. The normalized spacial score (nSPS) is 23.2. The minimum absolute atomic E-state index is 0.00280. The Kier molecular flexibility index (Phi) is 3.31. The lowest BCUT2D eigenvalue weighted by Gasteiger charge is -2.31. The quantitative estimate of drug-likeness (QED) is 0.838. The van der Waals surface area contributed by atoms with E-state index in [1.54, 1.807) is 0 Å². The van der Waals surface area contributed by atoms with Crippen molar-refractivity contribution in [1.29, 1.82) is 0 Å². The number of aliphatic hydroxyl groups is 1. The topological polar surface area (TPSA) is 20.2 Å². The van der Waals surface area contributed by atoms with Crippen LogP contribution in [0.4, 0.5) is 8.78 Å². The lowest BCUT2D eigenvalue weighted by Crippen LogP contribution is -2.27. The molecule has 1 N–H and O–H groups in total. The molecule has 0 bridgehead atoms. The van der Waals surface area contributed by atoms with Gasteiger partial charge in [-0.3, -0.25) is 0 Å². The van der Waals surface area contributed by atoms with Crippen molar-refractivity contribution in [2.75, 3.05) is 0 Å². The third-order valence-corrected chi connectivity index (χ3v) is 4.47. The second-order valence-corrected chi connectivity index (χ2v) is 5.55. The second-order valence-electron chi connectivity index (χ2n) is 4.61. The Bertz CT molecular complexity index is 352. The highest BCUT2D eigenvalue weighted by Gasteiger charge is 2.37. The van der Waals surface area contributed by atoms with E-state index < -0.39 is 12.0 Å². The first kappa shape index (κ1) is 12.0. The minimum Gasteiger partial charge on any atom is -0.387 e. The molecule has 16 heavy (non-hydrogen) atoms. The number of aliphatic hydroxyl groups excluding tert-OH is 1. The molecule has 2 rings (SSSR count). The van der Waals surface area contributed by atoms with E-state index in [4.69, 9.17) is 0 Å². The molecule has 0 amide bonds. The summed E-state index contributed by atoms with van der Waals surface area (Å²) in [6, 6.07) is 1.96. The van der Waals surface area contributed by atoms with Crippen LogP contribution in [-0.2, 0) is 0 Å². The summed E-state index contributed by atoms with van der Waals surface area (Å²) in [7, 11) is 0. The molecule has 0 saturated heterocycles. The second kappa shape index (κ2) is 4.41. The summed E-state index contributed by atoms with van der Waals surface area (Å²) in [4.78, 5) is 0.940. The predicted octanol–water partition coefficient (Wildman–Crippen LogP) is 3.92. The van der Waals surface area contributed by atoms with Gasteiger partial charge in [0.2, 0.25) is 5.92 Å². The van der Waals surface area contributed by atoms with E-state index in [2.05, 4.69) is 0 Å². The number of hydrogen-bond donors (Lipinski definition) is 1. The highest BCUT2D eigenvalue weighted by molar-refractivity contribution is 7.10. The standard InChI is InChI=1S/C12H16F2OS/c1-8-4-7-16-11(8)10(15)9-2-5-12(13,14)6-3-9/h4,7,9-10,15H,2-3,5-6H2,1H3. The molecule has 4 heteroatoms. The van der Waals surface area contributed by atoms with Crippen LogP contribution in [0.5, 0.6) is 0 Å². The van der Waals surface area contributed by atoms with E-state index in [0.717, 1.165) is 10.4 Å². The summed E-state index contributed by atoms with van der Waals surface area (Å²) in [5, 5.41) is 12.1. The Morgan fingerprint density at radius 3 is 2.56 bits per heavy atom. The van der Waals surface area contributed by atoms with Gasteiger partial charge in [0, 0.05) is 17.7 Å². The minimum atomic E-state index is -2.51. The van der Waals surface area contributed by atoms with Gasteiger partial charge in [-0.1, -0.05) is 0 Å². The zero-order valence-corrected chi connectivity index (χ0v) is 10.1. The largest absolute Gasteiger partial charge is 0.387 e. The van der Waals surface area contributed by atoms with Crippen molar-refractivity contribution in [2.45, 2.75) is 44.6 Å². The van der Waals surface area contributed by atoms with Crippen LogP contribution in [-0.4, -0.2) is 11.0 Å². The van der Waals surface area contributed by atoms with E-state index in [1.165, 1.54) is 11.3 Å².